The van der Waals surface area contributed by atoms with E-state index >= 15 is 0 Å². The number of aliphatic hydroxyl groups is 1. The summed E-state index contributed by atoms with van der Waals surface area (Å²) in [6.45, 7) is 0.177. The van der Waals surface area contributed by atoms with Gasteiger partial charge in [-0.3, -0.25) is 9.47 Å². The zero-order valence-electron chi connectivity index (χ0n) is 27.4. The van der Waals surface area contributed by atoms with Crippen molar-refractivity contribution in [2.75, 3.05) is 39.6 Å². The van der Waals surface area contributed by atoms with Gasteiger partial charge in [0.25, 0.3) is 0 Å². The van der Waals surface area contributed by atoms with Crippen LogP contribution in [0, 0.1) is 0 Å². The molecule has 7 rings (SSSR count). The Bertz CT molecular complexity index is 1900. The Kier molecular flexibility index (Phi) is 9.07. The van der Waals surface area contributed by atoms with Crippen LogP contribution >= 0.6 is 0 Å². The van der Waals surface area contributed by atoms with Gasteiger partial charge in [-0.25, -0.2) is 4.79 Å². The van der Waals surface area contributed by atoms with Crippen molar-refractivity contribution < 1.29 is 33.5 Å². The lowest BCUT2D eigenvalue weighted by molar-refractivity contribution is -0.0944. The third-order valence-corrected chi connectivity index (χ3v) is 8.94. The van der Waals surface area contributed by atoms with E-state index in [0.29, 0.717) is 28.8 Å². The molecule has 1 saturated heterocycles. The SMILES string of the molecule is COCN1c2ccccc2Oc2cn([C@H]3C[C@H](O)[C@@H](COC(c4ccccc4)(c4ccc(OC)cc4)c4ccc(OC)cc4)O3)c(=O)nc21. The van der Waals surface area contributed by atoms with Gasteiger partial charge in [0.1, 0.15) is 36.2 Å². The minimum absolute atomic E-state index is 0.00321. The second-order valence-corrected chi connectivity index (χ2v) is 11.8. The fourth-order valence-corrected chi connectivity index (χ4v) is 6.49. The Balaban J connectivity index is 1.21. The van der Waals surface area contributed by atoms with Gasteiger partial charge in [-0.15, -0.1) is 0 Å². The Morgan fingerprint density at radius 2 is 1.43 bits per heavy atom. The lowest BCUT2D eigenvalue weighted by Gasteiger charge is -2.37. The van der Waals surface area contributed by atoms with Crippen LogP contribution < -0.4 is 24.8 Å². The van der Waals surface area contributed by atoms with Gasteiger partial charge < -0.3 is 33.5 Å². The van der Waals surface area contributed by atoms with Gasteiger partial charge in [0.2, 0.25) is 0 Å². The third kappa shape index (κ3) is 6.02. The molecule has 3 atom stereocenters. The fourth-order valence-electron chi connectivity index (χ4n) is 6.49. The third-order valence-electron chi connectivity index (χ3n) is 8.94. The maximum Gasteiger partial charge on any atom is 0.351 e. The van der Waals surface area contributed by atoms with Crippen LogP contribution in [0.3, 0.4) is 0 Å². The maximum atomic E-state index is 13.4. The monoisotopic (exact) mass is 663 g/mol. The highest BCUT2D eigenvalue weighted by Crippen LogP contribution is 2.46. The van der Waals surface area contributed by atoms with Crippen LogP contribution in [0.5, 0.6) is 23.0 Å². The van der Waals surface area contributed by atoms with Gasteiger partial charge in [-0.05, 0) is 53.1 Å². The number of anilines is 2. The number of para-hydroxylation sites is 2. The van der Waals surface area contributed by atoms with Crippen molar-refractivity contribution >= 4 is 11.5 Å². The summed E-state index contributed by atoms with van der Waals surface area (Å²) in [5, 5.41) is 11.3. The van der Waals surface area contributed by atoms with Crippen LogP contribution in [0.25, 0.3) is 0 Å². The zero-order valence-corrected chi connectivity index (χ0v) is 27.4. The Morgan fingerprint density at radius 1 is 0.816 bits per heavy atom. The number of nitrogens with zero attached hydrogens (tertiary/aromatic N) is 3. The largest absolute Gasteiger partial charge is 0.497 e. The summed E-state index contributed by atoms with van der Waals surface area (Å²) in [6.07, 6.45) is -0.777. The molecule has 0 amide bonds. The highest BCUT2D eigenvalue weighted by Gasteiger charge is 2.42. The van der Waals surface area contributed by atoms with E-state index in [1.54, 1.807) is 32.4 Å². The molecule has 11 nitrogen and oxygen atoms in total. The van der Waals surface area contributed by atoms with Crippen molar-refractivity contribution in [2.45, 2.75) is 30.5 Å². The number of aliphatic hydroxyl groups excluding tert-OH is 1. The van der Waals surface area contributed by atoms with E-state index in [0.717, 1.165) is 22.4 Å². The second-order valence-electron chi connectivity index (χ2n) is 11.8. The summed E-state index contributed by atoms with van der Waals surface area (Å²) < 4.78 is 37.1. The van der Waals surface area contributed by atoms with Crippen molar-refractivity contribution in [3.8, 4) is 23.0 Å². The van der Waals surface area contributed by atoms with E-state index in [9.17, 15) is 9.90 Å². The van der Waals surface area contributed by atoms with E-state index in [1.165, 1.54) is 4.57 Å². The highest BCUT2D eigenvalue weighted by molar-refractivity contribution is 5.74. The molecule has 5 aromatic rings. The van der Waals surface area contributed by atoms with Gasteiger partial charge in [0, 0.05) is 13.5 Å². The molecule has 1 aromatic heterocycles. The van der Waals surface area contributed by atoms with E-state index in [1.807, 2.05) is 103 Å². The predicted molar refractivity (Wildman–Crippen MR) is 182 cm³/mol. The molecule has 2 aliphatic rings. The molecule has 11 heteroatoms. The molecule has 0 radical (unpaired) electrons. The molecule has 0 bridgehead atoms. The van der Waals surface area contributed by atoms with Gasteiger partial charge in [-0.2, -0.15) is 4.98 Å². The Morgan fingerprint density at radius 3 is 2.06 bits per heavy atom. The van der Waals surface area contributed by atoms with E-state index in [-0.39, 0.29) is 19.8 Å². The molecule has 1 fully saturated rings. The number of fused-ring (bicyclic) bond motifs is 2. The molecule has 49 heavy (non-hydrogen) atoms. The summed E-state index contributed by atoms with van der Waals surface area (Å²) in [5.41, 5.74) is 1.67. The zero-order chi connectivity index (χ0) is 34.0. The maximum absolute atomic E-state index is 13.4. The number of ether oxygens (including phenoxy) is 6. The lowest BCUT2D eigenvalue weighted by Crippen LogP contribution is -2.38. The smallest absolute Gasteiger partial charge is 0.351 e. The normalized spacial score (nSPS) is 18.4. The highest BCUT2D eigenvalue weighted by atomic mass is 16.6. The Labute approximate surface area is 283 Å². The van der Waals surface area contributed by atoms with Crippen molar-refractivity contribution in [1.29, 1.82) is 0 Å². The first-order chi connectivity index (χ1) is 23.9. The van der Waals surface area contributed by atoms with Crippen LogP contribution in [-0.4, -0.2) is 61.5 Å². The van der Waals surface area contributed by atoms with E-state index in [4.69, 9.17) is 28.4 Å². The van der Waals surface area contributed by atoms with Gasteiger partial charge in [-0.1, -0.05) is 66.7 Å². The number of aromatic nitrogens is 2. The first-order valence-electron chi connectivity index (χ1n) is 15.9. The van der Waals surface area contributed by atoms with Gasteiger partial charge in [0.15, 0.2) is 17.3 Å². The second kappa shape index (κ2) is 13.7. The van der Waals surface area contributed by atoms with Crippen LogP contribution in [0.4, 0.5) is 11.5 Å². The summed E-state index contributed by atoms with van der Waals surface area (Å²) >= 11 is 0. The van der Waals surface area contributed by atoms with Crippen molar-refractivity contribution in [3.63, 3.8) is 0 Å². The minimum Gasteiger partial charge on any atom is -0.497 e. The van der Waals surface area contributed by atoms with Crippen molar-refractivity contribution in [2.24, 2.45) is 0 Å². The summed E-state index contributed by atoms with van der Waals surface area (Å²) in [5.74, 6) is 2.73. The van der Waals surface area contributed by atoms with E-state index < -0.39 is 29.7 Å². The molecule has 2 aliphatic heterocycles. The fraction of sp³-hybridized carbons (Fsp3) is 0.263. The van der Waals surface area contributed by atoms with Crippen LogP contribution in [0.15, 0.2) is 114 Å². The summed E-state index contributed by atoms with van der Waals surface area (Å²) in [7, 11) is 4.82. The molecule has 0 spiro atoms. The number of hydrogen-bond donors (Lipinski definition) is 1. The van der Waals surface area contributed by atoms with Crippen LogP contribution in [-0.2, 0) is 19.8 Å². The molecular formula is C38H37N3O8. The molecule has 3 heterocycles. The quantitative estimate of drug-likeness (QED) is 0.175. The first kappa shape index (κ1) is 32.4. The average molecular weight is 664 g/mol. The predicted octanol–water partition coefficient (Wildman–Crippen LogP) is 5.77. The number of benzene rings is 4. The minimum atomic E-state index is -1.10. The molecule has 0 aliphatic carbocycles. The Hall–Kier alpha value is -5.20. The molecule has 4 aromatic carbocycles. The topological polar surface area (TPSA) is 114 Å². The summed E-state index contributed by atoms with van der Waals surface area (Å²) in [4.78, 5) is 19.6. The molecule has 0 unspecified atom stereocenters. The lowest BCUT2D eigenvalue weighted by atomic mass is 9.80. The van der Waals surface area contributed by atoms with Crippen LogP contribution in [0.2, 0.25) is 0 Å². The standard InChI is InChI=1S/C38H37N3O8/c1-44-24-41-30-11-7-8-12-32(30)48-33-22-40(37(43)39-36(33)41)35-21-31(42)34(49-35)23-47-38(25-9-5-4-6-10-25,26-13-17-28(45-2)18-14-26)27-15-19-29(46-3)20-16-27/h4-20,22,31,34-35,42H,21,23-24H2,1-3H3/t31-,34+,35+/m0/s1. The van der Waals surface area contributed by atoms with E-state index in [2.05, 4.69) is 4.98 Å². The van der Waals surface area contributed by atoms with Crippen LogP contribution in [0.1, 0.15) is 29.3 Å². The number of hydrogen-bond acceptors (Lipinski definition) is 10. The van der Waals surface area contributed by atoms with Gasteiger partial charge in [0.05, 0.1) is 38.8 Å². The molecule has 1 N–H and O–H groups in total. The first-order valence-corrected chi connectivity index (χ1v) is 15.9. The van der Waals surface area contributed by atoms with Crippen molar-refractivity contribution in [1.82, 2.24) is 9.55 Å². The number of rotatable bonds is 11. The average Bonchev–Trinajstić information content (AvgIpc) is 3.52. The van der Waals surface area contributed by atoms with Crippen molar-refractivity contribution in [3.05, 3.63) is 136 Å². The number of methoxy groups -OCH3 is 3. The molecule has 252 valence electrons. The summed E-state index contributed by atoms with van der Waals surface area (Å²) in [6, 6.07) is 32.8. The molecular weight excluding hydrogens is 626 g/mol. The molecule has 0 saturated carbocycles. The van der Waals surface area contributed by atoms with Gasteiger partial charge >= 0.3 is 5.69 Å².